The molecule has 0 spiro atoms. The molecule has 2 unspecified atom stereocenters. The Morgan fingerprint density at radius 2 is 1.87 bits per heavy atom. The fraction of sp³-hybridized carbons (Fsp3) is 0.474. The predicted molar refractivity (Wildman–Crippen MR) is 117 cm³/mol. The Morgan fingerprint density at radius 1 is 1.23 bits per heavy atom. The van der Waals surface area contributed by atoms with Crippen molar-refractivity contribution in [3.05, 3.63) is 34.8 Å². The van der Waals surface area contributed by atoms with Crippen molar-refractivity contribution in [1.82, 2.24) is 20.8 Å². The van der Waals surface area contributed by atoms with Crippen molar-refractivity contribution in [2.75, 3.05) is 6.67 Å². The Labute approximate surface area is 193 Å². The first kappa shape index (κ1) is 25.3. The van der Waals surface area contributed by atoms with E-state index in [4.69, 9.17) is 27.9 Å². The minimum atomic E-state index is -1.36. The number of hydrogen-bond donors (Lipinski definition) is 3. The first-order valence-corrected chi connectivity index (χ1v) is 10.9. The van der Waals surface area contributed by atoms with Gasteiger partial charge in [0.2, 0.25) is 0 Å². The smallest absolute Gasteiger partial charge is 0.408 e. The molecule has 2 amide bonds. The van der Waals surface area contributed by atoms with Gasteiger partial charge in [-0.3, -0.25) is 4.79 Å². The molecule has 12 heteroatoms. The second kappa shape index (κ2) is 11.0. The van der Waals surface area contributed by atoms with Gasteiger partial charge in [-0.15, -0.1) is 10.2 Å². The van der Waals surface area contributed by atoms with Crippen molar-refractivity contribution in [2.24, 2.45) is 0 Å². The molecule has 3 N–H and O–H groups in total. The number of aromatic nitrogens is 2. The molecular formula is C19H23Cl2FN4O4S. The monoisotopic (exact) mass is 492 g/mol. The summed E-state index contributed by atoms with van der Waals surface area (Å²) in [5.74, 6) is -0.789. The number of alkyl carbamates (subject to hydrolysis) is 1. The van der Waals surface area contributed by atoms with Crippen molar-refractivity contribution in [2.45, 2.75) is 49.9 Å². The summed E-state index contributed by atoms with van der Waals surface area (Å²) < 4.78 is 18.4. The standard InChI is InChI=1S/C19H23Cl2FN4O4S/c1-19(2,3)30-18(29)23-9-13-25-26-17(31-13)11-6-4-10(5-7-11)14(27)12(8-22)24-16(28)15(20)21/h4-7,12,14-15,27H,8-9H2,1-3H3,(H,23,29)(H,24,28). The fourth-order valence-corrected chi connectivity index (χ4v) is 3.32. The number of ether oxygens (including phenoxy) is 1. The molecule has 2 atom stereocenters. The molecule has 0 saturated carbocycles. The van der Waals surface area contributed by atoms with E-state index in [0.29, 0.717) is 15.6 Å². The van der Waals surface area contributed by atoms with Crippen molar-refractivity contribution in [3.63, 3.8) is 0 Å². The molecule has 8 nitrogen and oxygen atoms in total. The van der Waals surface area contributed by atoms with Crippen LogP contribution in [0.4, 0.5) is 9.18 Å². The van der Waals surface area contributed by atoms with E-state index in [9.17, 15) is 19.1 Å². The Hall–Kier alpha value is -2.01. The van der Waals surface area contributed by atoms with E-state index in [-0.39, 0.29) is 6.54 Å². The van der Waals surface area contributed by atoms with Gasteiger partial charge in [0.25, 0.3) is 5.91 Å². The number of aliphatic hydroxyl groups excluding tert-OH is 1. The van der Waals surface area contributed by atoms with E-state index in [1.165, 1.54) is 11.3 Å². The first-order chi connectivity index (χ1) is 14.5. The molecule has 170 valence electrons. The van der Waals surface area contributed by atoms with E-state index in [1.54, 1.807) is 45.0 Å². The number of amides is 2. The summed E-state index contributed by atoms with van der Waals surface area (Å²) in [6, 6.07) is 5.37. The van der Waals surface area contributed by atoms with Gasteiger partial charge in [0.1, 0.15) is 28.4 Å². The van der Waals surface area contributed by atoms with Gasteiger partial charge in [0.05, 0.1) is 12.6 Å². The number of aliphatic hydroxyl groups is 1. The third kappa shape index (κ3) is 7.88. The van der Waals surface area contributed by atoms with Gasteiger partial charge >= 0.3 is 6.09 Å². The maximum Gasteiger partial charge on any atom is 0.408 e. The van der Waals surface area contributed by atoms with E-state index in [1.807, 2.05) is 0 Å². The molecule has 1 aromatic heterocycles. The van der Waals surface area contributed by atoms with Crippen LogP contribution in [-0.2, 0) is 16.1 Å². The van der Waals surface area contributed by atoms with Gasteiger partial charge in [0.15, 0.2) is 4.84 Å². The average molecular weight is 493 g/mol. The second-order valence-electron chi connectivity index (χ2n) is 7.49. The van der Waals surface area contributed by atoms with Crippen LogP contribution in [0.15, 0.2) is 24.3 Å². The van der Waals surface area contributed by atoms with E-state index in [0.717, 1.165) is 5.56 Å². The van der Waals surface area contributed by atoms with Crippen molar-refractivity contribution >= 4 is 46.5 Å². The summed E-state index contributed by atoms with van der Waals surface area (Å²) in [5, 5.41) is 24.5. The number of carbonyl (C=O) groups is 2. The normalized spacial score (nSPS) is 13.5. The minimum Gasteiger partial charge on any atom is -0.444 e. The molecule has 0 aliphatic heterocycles. The van der Waals surface area contributed by atoms with Crippen molar-refractivity contribution in [1.29, 1.82) is 0 Å². The van der Waals surface area contributed by atoms with Crippen LogP contribution in [0.3, 0.4) is 0 Å². The number of nitrogens with zero attached hydrogens (tertiary/aromatic N) is 2. The van der Waals surface area contributed by atoms with Crippen LogP contribution in [-0.4, -0.2) is 50.5 Å². The Bertz CT molecular complexity index is 890. The third-order valence-corrected chi connectivity index (χ3v) is 5.19. The Morgan fingerprint density at radius 3 is 2.42 bits per heavy atom. The lowest BCUT2D eigenvalue weighted by Crippen LogP contribution is -2.43. The number of benzene rings is 1. The number of hydrogen-bond acceptors (Lipinski definition) is 7. The Balaban J connectivity index is 2.00. The van der Waals surface area contributed by atoms with Gasteiger partial charge < -0.3 is 20.5 Å². The zero-order valence-electron chi connectivity index (χ0n) is 17.1. The van der Waals surface area contributed by atoms with Crippen LogP contribution >= 0.6 is 34.5 Å². The molecular weight excluding hydrogens is 470 g/mol. The molecule has 0 aliphatic carbocycles. The third-order valence-electron chi connectivity index (χ3n) is 3.82. The van der Waals surface area contributed by atoms with Gasteiger partial charge in [0, 0.05) is 5.56 Å². The highest BCUT2D eigenvalue weighted by Gasteiger charge is 2.25. The molecule has 0 fully saturated rings. The van der Waals surface area contributed by atoms with Crippen LogP contribution < -0.4 is 10.6 Å². The molecule has 0 bridgehead atoms. The average Bonchev–Trinajstić information content (AvgIpc) is 3.17. The quantitative estimate of drug-likeness (QED) is 0.485. The van der Waals surface area contributed by atoms with Crippen LogP contribution in [0, 0.1) is 0 Å². The second-order valence-corrected chi connectivity index (χ2v) is 9.65. The molecule has 2 aromatic rings. The molecule has 0 saturated heterocycles. The Kier molecular flexibility index (Phi) is 8.99. The highest BCUT2D eigenvalue weighted by Crippen LogP contribution is 2.26. The predicted octanol–water partition coefficient (Wildman–Crippen LogP) is 3.52. The lowest BCUT2D eigenvalue weighted by Gasteiger charge is -2.22. The van der Waals surface area contributed by atoms with Crippen LogP contribution in [0.25, 0.3) is 10.6 Å². The van der Waals surface area contributed by atoms with Crippen molar-refractivity contribution in [3.8, 4) is 10.6 Å². The molecule has 1 aromatic carbocycles. The molecule has 1 heterocycles. The van der Waals surface area contributed by atoms with E-state index in [2.05, 4.69) is 20.8 Å². The summed E-state index contributed by atoms with van der Waals surface area (Å²) >= 11 is 12.2. The zero-order chi connectivity index (χ0) is 23.2. The van der Waals surface area contributed by atoms with Gasteiger partial charge in [-0.25, -0.2) is 9.18 Å². The van der Waals surface area contributed by atoms with E-state index < -0.39 is 41.3 Å². The zero-order valence-corrected chi connectivity index (χ0v) is 19.4. The molecule has 2 rings (SSSR count). The topological polar surface area (TPSA) is 113 Å². The molecule has 0 aliphatic rings. The van der Waals surface area contributed by atoms with Gasteiger partial charge in [-0.1, -0.05) is 58.8 Å². The largest absolute Gasteiger partial charge is 0.444 e. The number of halogens is 3. The van der Waals surface area contributed by atoms with Crippen LogP contribution in [0.2, 0.25) is 0 Å². The lowest BCUT2D eigenvalue weighted by molar-refractivity contribution is -0.121. The van der Waals surface area contributed by atoms with Crippen LogP contribution in [0.5, 0.6) is 0 Å². The summed E-state index contributed by atoms with van der Waals surface area (Å²) in [7, 11) is 0. The minimum absolute atomic E-state index is 0.170. The maximum absolute atomic E-state index is 13.3. The van der Waals surface area contributed by atoms with Crippen LogP contribution in [0.1, 0.15) is 37.4 Å². The molecule has 31 heavy (non-hydrogen) atoms. The van der Waals surface area contributed by atoms with Crippen molar-refractivity contribution < 1.29 is 23.8 Å². The van der Waals surface area contributed by atoms with Gasteiger partial charge in [-0.05, 0) is 26.3 Å². The maximum atomic E-state index is 13.3. The highest BCUT2D eigenvalue weighted by atomic mass is 35.5. The summed E-state index contributed by atoms with van der Waals surface area (Å²) in [5.41, 5.74) is 0.519. The summed E-state index contributed by atoms with van der Waals surface area (Å²) in [6.45, 7) is 4.48. The number of carbonyl (C=O) groups excluding carboxylic acids is 2. The lowest BCUT2D eigenvalue weighted by atomic mass is 10.0. The highest BCUT2D eigenvalue weighted by molar-refractivity contribution is 7.14. The SMILES string of the molecule is CC(C)(C)OC(=O)NCc1nnc(-c2ccc(C(O)C(CF)NC(=O)C(Cl)Cl)cc2)s1. The number of nitrogens with one attached hydrogen (secondary N) is 2. The van der Waals surface area contributed by atoms with Gasteiger partial charge in [-0.2, -0.15) is 0 Å². The summed E-state index contributed by atoms with van der Waals surface area (Å²) in [6.07, 6.45) is -1.84. The fourth-order valence-electron chi connectivity index (χ4n) is 2.41. The number of rotatable bonds is 8. The first-order valence-electron chi connectivity index (χ1n) is 9.22. The summed E-state index contributed by atoms with van der Waals surface area (Å²) in [4.78, 5) is 21.9. The van der Waals surface area contributed by atoms with E-state index >= 15 is 0 Å². The number of alkyl halides is 3. The molecule has 0 radical (unpaired) electrons.